The zero-order valence-electron chi connectivity index (χ0n) is 6.41. The van der Waals surface area contributed by atoms with Gasteiger partial charge in [-0.15, -0.1) is 0 Å². The average molecular weight is 160 g/mol. The number of ether oxygens (including phenoxy) is 1. The number of aliphatic hydroxyl groups is 2. The second-order valence-electron chi connectivity index (χ2n) is 2.39. The average Bonchev–Trinajstić information content (AvgIpc) is 2.04. The fourth-order valence-electron chi connectivity index (χ4n) is 0.399. The van der Waals surface area contributed by atoms with Crippen LogP contribution in [0.2, 0.25) is 0 Å². The van der Waals surface area contributed by atoms with Crippen LogP contribution in [-0.2, 0) is 9.53 Å². The molecule has 0 heterocycles. The third-order valence-corrected chi connectivity index (χ3v) is 1.18. The molecule has 0 atom stereocenters. The van der Waals surface area contributed by atoms with Crippen molar-refractivity contribution < 1.29 is 19.7 Å². The predicted octanol–water partition coefficient (Wildman–Crippen LogP) is -0.541. The predicted molar refractivity (Wildman–Crippen MR) is 38.9 cm³/mol. The molecule has 0 aromatic carbocycles. The fraction of sp³-hybridized carbons (Fsp3) is 0.571. The van der Waals surface area contributed by atoms with E-state index >= 15 is 0 Å². The van der Waals surface area contributed by atoms with Crippen LogP contribution in [0.15, 0.2) is 12.7 Å². The molecule has 0 bridgehead atoms. The number of carbonyl (C=O) groups excluding carboxylic acids is 1. The molecule has 0 aliphatic heterocycles. The molecule has 2 N–H and O–H groups in total. The van der Waals surface area contributed by atoms with E-state index in [1.54, 1.807) is 0 Å². The molecule has 4 nitrogen and oxygen atoms in total. The Hall–Kier alpha value is -0.870. The first-order valence-electron chi connectivity index (χ1n) is 3.15. The second kappa shape index (κ2) is 4.10. The van der Waals surface area contributed by atoms with E-state index in [4.69, 9.17) is 10.2 Å². The maximum absolute atomic E-state index is 10.6. The third-order valence-electron chi connectivity index (χ3n) is 1.18. The van der Waals surface area contributed by atoms with Crippen molar-refractivity contribution in [3.8, 4) is 0 Å². The van der Waals surface area contributed by atoms with Crippen molar-refractivity contribution in [3.05, 3.63) is 12.7 Å². The SMILES string of the molecule is C=CC(=O)OC(C)(CO)CO. The maximum atomic E-state index is 10.6. The van der Waals surface area contributed by atoms with Crippen LogP contribution >= 0.6 is 0 Å². The van der Waals surface area contributed by atoms with Gasteiger partial charge in [0.25, 0.3) is 0 Å². The summed E-state index contributed by atoms with van der Waals surface area (Å²) in [4.78, 5) is 10.6. The molecule has 0 aliphatic rings. The van der Waals surface area contributed by atoms with E-state index < -0.39 is 24.8 Å². The van der Waals surface area contributed by atoms with Gasteiger partial charge in [0.1, 0.15) is 0 Å². The van der Waals surface area contributed by atoms with Crippen LogP contribution in [0.4, 0.5) is 0 Å². The van der Waals surface area contributed by atoms with E-state index in [1.165, 1.54) is 6.92 Å². The first kappa shape index (κ1) is 10.1. The van der Waals surface area contributed by atoms with Crippen LogP contribution in [0.5, 0.6) is 0 Å². The molecule has 0 radical (unpaired) electrons. The summed E-state index contributed by atoms with van der Waals surface area (Å²) < 4.78 is 4.63. The molecule has 4 heteroatoms. The van der Waals surface area contributed by atoms with Crippen LogP contribution in [0.1, 0.15) is 6.92 Å². The molecule has 64 valence electrons. The van der Waals surface area contributed by atoms with Gasteiger partial charge in [-0.25, -0.2) is 4.79 Å². The molecule has 0 saturated heterocycles. The Kier molecular flexibility index (Phi) is 3.78. The Morgan fingerprint density at radius 2 is 2.09 bits per heavy atom. The highest BCUT2D eigenvalue weighted by molar-refractivity contribution is 5.81. The van der Waals surface area contributed by atoms with Crippen molar-refractivity contribution in [2.45, 2.75) is 12.5 Å². The number of esters is 1. The summed E-state index contributed by atoms with van der Waals surface area (Å²) in [5.74, 6) is -0.657. The van der Waals surface area contributed by atoms with Crippen molar-refractivity contribution in [2.24, 2.45) is 0 Å². The van der Waals surface area contributed by atoms with Crippen molar-refractivity contribution in [1.29, 1.82) is 0 Å². The zero-order valence-corrected chi connectivity index (χ0v) is 6.41. The van der Waals surface area contributed by atoms with Gasteiger partial charge in [-0.3, -0.25) is 0 Å². The zero-order chi connectivity index (χ0) is 8.91. The number of hydrogen-bond donors (Lipinski definition) is 2. The lowest BCUT2D eigenvalue weighted by Crippen LogP contribution is -2.38. The molecule has 0 unspecified atom stereocenters. The van der Waals surface area contributed by atoms with Crippen LogP contribution in [-0.4, -0.2) is 35.0 Å². The van der Waals surface area contributed by atoms with Gasteiger partial charge < -0.3 is 14.9 Å². The number of carbonyl (C=O) groups is 1. The van der Waals surface area contributed by atoms with Crippen molar-refractivity contribution in [1.82, 2.24) is 0 Å². The monoisotopic (exact) mass is 160 g/mol. The van der Waals surface area contributed by atoms with Crippen LogP contribution < -0.4 is 0 Å². The van der Waals surface area contributed by atoms with Gasteiger partial charge in [0, 0.05) is 6.08 Å². The molecule has 0 spiro atoms. The van der Waals surface area contributed by atoms with Gasteiger partial charge in [-0.2, -0.15) is 0 Å². The van der Waals surface area contributed by atoms with Crippen LogP contribution in [0.3, 0.4) is 0 Å². The fourth-order valence-corrected chi connectivity index (χ4v) is 0.399. The molecular formula is C7H12O4. The van der Waals surface area contributed by atoms with E-state index in [-0.39, 0.29) is 0 Å². The number of rotatable bonds is 4. The molecule has 0 aliphatic carbocycles. The summed E-state index contributed by atoms with van der Waals surface area (Å²) in [6, 6.07) is 0. The van der Waals surface area contributed by atoms with Gasteiger partial charge in [-0.05, 0) is 6.92 Å². The largest absolute Gasteiger partial charge is 0.451 e. The normalized spacial score (nSPS) is 10.8. The molecule has 0 aromatic heterocycles. The molecule has 0 amide bonds. The molecule has 0 aromatic rings. The summed E-state index contributed by atoms with van der Waals surface area (Å²) in [5.41, 5.74) is -1.20. The van der Waals surface area contributed by atoms with Crippen LogP contribution in [0.25, 0.3) is 0 Å². The minimum absolute atomic E-state index is 0.414. The topological polar surface area (TPSA) is 66.8 Å². The van der Waals surface area contributed by atoms with Gasteiger partial charge in [0.05, 0.1) is 13.2 Å². The lowest BCUT2D eigenvalue weighted by atomic mass is 10.1. The van der Waals surface area contributed by atoms with E-state index in [1.807, 2.05) is 0 Å². The van der Waals surface area contributed by atoms with E-state index in [9.17, 15) is 4.79 Å². The summed E-state index contributed by atoms with van der Waals surface area (Å²) in [6.07, 6.45) is 0.976. The first-order valence-corrected chi connectivity index (χ1v) is 3.15. The Labute approximate surface area is 65.1 Å². The first-order chi connectivity index (χ1) is 5.08. The molecule has 0 fully saturated rings. The Morgan fingerprint density at radius 3 is 2.36 bits per heavy atom. The smallest absolute Gasteiger partial charge is 0.330 e. The van der Waals surface area contributed by atoms with Gasteiger partial charge in [0.2, 0.25) is 0 Å². The van der Waals surface area contributed by atoms with Crippen molar-refractivity contribution in [2.75, 3.05) is 13.2 Å². The summed E-state index contributed by atoms with van der Waals surface area (Å²) in [6.45, 7) is 3.77. The minimum atomic E-state index is -1.20. The summed E-state index contributed by atoms with van der Waals surface area (Å²) in [5, 5.41) is 17.3. The van der Waals surface area contributed by atoms with Gasteiger partial charge in [-0.1, -0.05) is 6.58 Å². The Balaban J connectivity index is 4.06. The van der Waals surface area contributed by atoms with E-state index in [0.717, 1.165) is 6.08 Å². The molecular weight excluding hydrogens is 148 g/mol. The van der Waals surface area contributed by atoms with E-state index in [0.29, 0.717) is 0 Å². The quantitative estimate of drug-likeness (QED) is 0.428. The van der Waals surface area contributed by atoms with E-state index in [2.05, 4.69) is 11.3 Å². The molecule has 11 heavy (non-hydrogen) atoms. The lowest BCUT2D eigenvalue weighted by Gasteiger charge is -2.23. The summed E-state index contributed by atoms with van der Waals surface area (Å²) >= 11 is 0. The maximum Gasteiger partial charge on any atom is 0.330 e. The molecule has 0 rings (SSSR count). The Bertz CT molecular complexity index is 149. The summed E-state index contributed by atoms with van der Waals surface area (Å²) in [7, 11) is 0. The van der Waals surface area contributed by atoms with Crippen molar-refractivity contribution >= 4 is 5.97 Å². The highest BCUT2D eigenvalue weighted by atomic mass is 16.6. The van der Waals surface area contributed by atoms with Crippen molar-refractivity contribution in [3.63, 3.8) is 0 Å². The number of hydrogen-bond acceptors (Lipinski definition) is 4. The van der Waals surface area contributed by atoms with Gasteiger partial charge >= 0.3 is 5.97 Å². The number of aliphatic hydroxyl groups excluding tert-OH is 2. The standard InChI is InChI=1S/C7H12O4/c1-3-6(10)11-7(2,4-8)5-9/h3,8-9H,1,4-5H2,2H3. The molecule has 0 saturated carbocycles. The van der Waals surface area contributed by atoms with Gasteiger partial charge in [0.15, 0.2) is 5.60 Å². The van der Waals surface area contributed by atoms with Crippen LogP contribution in [0, 0.1) is 0 Å². The third kappa shape index (κ3) is 3.15. The second-order valence-corrected chi connectivity index (χ2v) is 2.39. The lowest BCUT2D eigenvalue weighted by molar-refractivity contribution is -0.160. The Morgan fingerprint density at radius 1 is 1.64 bits per heavy atom. The highest BCUT2D eigenvalue weighted by Gasteiger charge is 2.25. The minimum Gasteiger partial charge on any atom is -0.451 e. The highest BCUT2D eigenvalue weighted by Crippen LogP contribution is 2.08.